The van der Waals surface area contributed by atoms with E-state index in [2.05, 4.69) is 0 Å². The monoisotopic (exact) mass is 140 g/mol. The van der Waals surface area contributed by atoms with Gasteiger partial charge >= 0.3 is 0 Å². The maximum atomic E-state index is 10.5. The van der Waals surface area contributed by atoms with Crippen molar-refractivity contribution in [3.8, 4) is 0 Å². The Labute approximate surface area is 60.6 Å². The van der Waals surface area contributed by atoms with E-state index in [1.807, 2.05) is 13.8 Å². The van der Waals surface area contributed by atoms with Crippen molar-refractivity contribution in [1.82, 2.24) is 0 Å². The van der Waals surface area contributed by atoms with Gasteiger partial charge in [-0.15, -0.1) is 0 Å². The van der Waals surface area contributed by atoms with E-state index in [1.165, 1.54) is 0 Å². The first-order chi connectivity index (χ1) is 4.58. The number of carbonyl (C=O) groups excluding carboxylic acids is 2. The Hall–Kier alpha value is -0.660. The van der Waals surface area contributed by atoms with Crippen LogP contribution >= 0.6 is 0 Å². The summed E-state index contributed by atoms with van der Waals surface area (Å²) in [6, 6.07) is 0. The molecule has 1 saturated carbocycles. The van der Waals surface area contributed by atoms with E-state index >= 15 is 0 Å². The van der Waals surface area contributed by atoms with Crippen molar-refractivity contribution in [3.05, 3.63) is 0 Å². The molecule has 0 aliphatic heterocycles. The third kappa shape index (κ3) is 0.648. The smallest absolute Gasteiger partial charge is 0.126 e. The SMILES string of the molecule is CC1(C=O)CCC1(C)C=O. The molecule has 0 spiro atoms. The van der Waals surface area contributed by atoms with Crippen LogP contribution in [0.3, 0.4) is 0 Å². The average molecular weight is 140 g/mol. The van der Waals surface area contributed by atoms with Gasteiger partial charge in [-0.05, 0) is 12.8 Å². The number of aldehydes is 2. The van der Waals surface area contributed by atoms with Gasteiger partial charge in [0.1, 0.15) is 12.6 Å². The summed E-state index contributed by atoms with van der Waals surface area (Å²) >= 11 is 0. The first-order valence-corrected chi connectivity index (χ1v) is 3.51. The van der Waals surface area contributed by atoms with Crippen LogP contribution in [0.25, 0.3) is 0 Å². The van der Waals surface area contributed by atoms with E-state index in [9.17, 15) is 9.59 Å². The number of carbonyl (C=O) groups is 2. The van der Waals surface area contributed by atoms with Crippen LogP contribution in [0.1, 0.15) is 26.7 Å². The highest BCUT2D eigenvalue weighted by atomic mass is 16.1. The lowest BCUT2D eigenvalue weighted by molar-refractivity contribution is -0.145. The normalized spacial score (nSPS) is 45.8. The van der Waals surface area contributed by atoms with Crippen molar-refractivity contribution in [2.24, 2.45) is 10.8 Å². The van der Waals surface area contributed by atoms with E-state index < -0.39 is 0 Å². The van der Waals surface area contributed by atoms with Crippen LogP contribution in [0.4, 0.5) is 0 Å². The van der Waals surface area contributed by atoms with Crippen molar-refractivity contribution in [3.63, 3.8) is 0 Å². The average Bonchev–Trinajstić information content (AvgIpc) is 1.99. The maximum absolute atomic E-state index is 10.5. The van der Waals surface area contributed by atoms with Gasteiger partial charge in [0.2, 0.25) is 0 Å². The van der Waals surface area contributed by atoms with E-state index in [1.54, 1.807) is 0 Å². The van der Waals surface area contributed by atoms with Gasteiger partial charge in [0, 0.05) is 10.8 Å². The predicted octanol–water partition coefficient (Wildman–Crippen LogP) is 1.19. The van der Waals surface area contributed by atoms with Crippen LogP contribution in [0.15, 0.2) is 0 Å². The van der Waals surface area contributed by atoms with Gasteiger partial charge in [0.15, 0.2) is 0 Å². The predicted molar refractivity (Wildman–Crippen MR) is 37.6 cm³/mol. The number of hydrogen-bond donors (Lipinski definition) is 0. The van der Waals surface area contributed by atoms with Crippen LogP contribution in [0, 0.1) is 10.8 Å². The van der Waals surface area contributed by atoms with Crippen molar-refractivity contribution in [1.29, 1.82) is 0 Å². The summed E-state index contributed by atoms with van der Waals surface area (Å²) in [5.74, 6) is 0. The van der Waals surface area contributed by atoms with Crippen molar-refractivity contribution in [2.75, 3.05) is 0 Å². The van der Waals surface area contributed by atoms with Gasteiger partial charge in [0.25, 0.3) is 0 Å². The standard InChI is InChI=1S/C8H12O2/c1-7(5-9)3-4-8(7,2)6-10/h5-6H,3-4H2,1-2H3. The van der Waals surface area contributed by atoms with Gasteiger partial charge in [-0.1, -0.05) is 13.8 Å². The Kier molecular flexibility index (Phi) is 1.42. The van der Waals surface area contributed by atoms with Crippen molar-refractivity contribution in [2.45, 2.75) is 26.7 Å². The zero-order valence-corrected chi connectivity index (χ0v) is 6.39. The van der Waals surface area contributed by atoms with Crippen LogP contribution in [0.2, 0.25) is 0 Å². The van der Waals surface area contributed by atoms with Crippen LogP contribution in [-0.4, -0.2) is 12.6 Å². The second-order valence-electron chi connectivity index (χ2n) is 3.57. The minimum Gasteiger partial charge on any atom is -0.303 e. The minimum atomic E-state index is -0.380. The Morgan fingerprint density at radius 2 is 1.30 bits per heavy atom. The van der Waals surface area contributed by atoms with Gasteiger partial charge in [-0.2, -0.15) is 0 Å². The van der Waals surface area contributed by atoms with Gasteiger partial charge in [0.05, 0.1) is 0 Å². The fourth-order valence-electron chi connectivity index (χ4n) is 1.30. The largest absolute Gasteiger partial charge is 0.303 e. The van der Waals surface area contributed by atoms with Crippen molar-refractivity contribution < 1.29 is 9.59 Å². The Balaban J connectivity index is 2.83. The highest BCUT2D eigenvalue weighted by Gasteiger charge is 2.52. The molecule has 1 aliphatic carbocycles. The molecule has 0 aromatic heterocycles. The molecular weight excluding hydrogens is 128 g/mol. The van der Waals surface area contributed by atoms with Gasteiger partial charge < -0.3 is 9.59 Å². The zero-order chi connectivity index (χ0) is 7.83. The van der Waals surface area contributed by atoms with E-state index in [-0.39, 0.29) is 10.8 Å². The molecule has 0 amide bonds. The summed E-state index contributed by atoms with van der Waals surface area (Å²) in [5, 5.41) is 0. The zero-order valence-electron chi connectivity index (χ0n) is 6.39. The highest BCUT2D eigenvalue weighted by Crippen LogP contribution is 2.53. The van der Waals surface area contributed by atoms with Crippen LogP contribution < -0.4 is 0 Å². The molecule has 1 rings (SSSR count). The van der Waals surface area contributed by atoms with E-state index in [0.717, 1.165) is 25.4 Å². The highest BCUT2D eigenvalue weighted by molar-refractivity contribution is 5.74. The molecule has 0 N–H and O–H groups in total. The Morgan fingerprint density at radius 3 is 1.40 bits per heavy atom. The summed E-state index contributed by atoms with van der Waals surface area (Å²) in [6.45, 7) is 3.69. The molecule has 0 aromatic carbocycles. The van der Waals surface area contributed by atoms with E-state index in [4.69, 9.17) is 0 Å². The summed E-state index contributed by atoms with van der Waals surface area (Å²) in [5.41, 5.74) is -0.760. The number of hydrogen-bond acceptors (Lipinski definition) is 2. The van der Waals surface area contributed by atoms with Crippen LogP contribution in [-0.2, 0) is 9.59 Å². The lowest BCUT2D eigenvalue weighted by Gasteiger charge is -2.48. The molecule has 56 valence electrons. The third-order valence-corrected chi connectivity index (χ3v) is 2.99. The third-order valence-electron chi connectivity index (χ3n) is 2.99. The minimum absolute atomic E-state index is 0.380. The molecule has 2 nitrogen and oxygen atoms in total. The lowest BCUT2D eigenvalue weighted by Crippen LogP contribution is -2.49. The molecule has 0 saturated heterocycles. The molecule has 0 aromatic rings. The quantitative estimate of drug-likeness (QED) is 0.540. The fourth-order valence-corrected chi connectivity index (χ4v) is 1.30. The second kappa shape index (κ2) is 1.91. The summed E-state index contributed by atoms with van der Waals surface area (Å²) in [6.07, 6.45) is 3.52. The van der Waals surface area contributed by atoms with E-state index in [0.29, 0.717) is 0 Å². The lowest BCUT2D eigenvalue weighted by atomic mass is 9.52. The molecule has 0 radical (unpaired) electrons. The van der Waals surface area contributed by atoms with Gasteiger partial charge in [-0.25, -0.2) is 0 Å². The molecule has 1 aliphatic rings. The molecule has 0 heterocycles. The maximum Gasteiger partial charge on any atom is 0.126 e. The summed E-state index contributed by atoms with van der Waals surface area (Å²) < 4.78 is 0. The van der Waals surface area contributed by atoms with Crippen molar-refractivity contribution >= 4 is 12.6 Å². The van der Waals surface area contributed by atoms with Gasteiger partial charge in [-0.3, -0.25) is 0 Å². The Morgan fingerprint density at radius 1 is 1.00 bits per heavy atom. The molecule has 0 bridgehead atoms. The first-order valence-electron chi connectivity index (χ1n) is 3.51. The molecule has 2 atom stereocenters. The molecule has 2 unspecified atom stereocenters. The molecule has 10 heavy (non-hydrogen) atoms. The summed E-state index contributed by atoms with van der Waals surface area (Å²) in [7, 11) is 0. The molecular formula is C8H12O2. The molecule has 1 fully saturated rings. The Bertz CT molecular complexity index is 156. The fraction of sp³-hybridized carbons (Fsp3) is 0.750. The van der Waals surface area contributed by atoms with Crippen LogP contribution in [0.5, 0.6) is 0 Å². The first kappa shape index (κ1) is 7.45. The number of rotatable bonds is 2. The summed E-state index contributed by atoms with van der Waals surface area (Å²) in [4.78, 5) is 21.0. The second-order valence-corrected chi connectivity index (χ2v) is 3.57. The molecule has 2 heteroatoms. The topological polar surface area (TPSA) is 34.1 Å².